The number of aromatic nitrogens is 5. The summed E-state index contributed by atoms with van der Waals surface area (Å²) in [5.74, 6) is 1.23. The van der Waals surface area contributed by atoms with Crippen molar-refractivity contribution >= 4 is 29.4 Å². The van der Waals surface area contributed by atoms with Crippen LogP contribution >= 0.6 is 23.5 Å². The number of hydrogen-bond acceptors (Lipinski definition) is 7. The monoisotopic (exact) mass is 386 g/mol. The fourth-order valence-corrected chi connectivity index (χ4v) is 3.73. The normalized spacial score (nSPS) is 10.8. The lowest BCUT2D eigenvalue weighted by Crippen LogP contribution is -2.14. The molecule has 0 spiro atoms. The molecular formula is C17H18N6OS2. The molecule has 134 valence electrons. The maximum Gasteiger partial charge on any atom is 0.227 e. The largest absolute Gasteiger partial charge is 0.369 e. The molecule has 0 aliphatic carbocycles. The van der Waals surface area contributed by atoms with E-state index in [4.69, 9.17) is 5.73 Å². The molecule has 0 atom stereocenters. The van der Waals surface area contributed by atoms with E-state index in [9.17, 15) is 4.79 Å². The van der Waals surface area contributed by atoms with Gasteiger partial charge in [-0.2, -0.15) is 0 Å². The SMILES string of the molecule is NC(=O)CSc1nnc(CSc2ncccn2)n1CCc1ccccc1. The number of carbonyl (C=O) groups excluding carboxylic acids is 1. The summed E-state index contributed by atoms with van der Waals surface area (Å²) in [6.07, 6.45) is 4.27. The highest BCUT2D eigenvalue weighted by molar-refractivity contribution is 7.99. The van der Waals surface area contributed by atoms with Gasteiger partial charge < -0.3 is 10.3 Å². The number of thioether (sulfide) groups is 2. The van der Waals surface area contributed by atoms with Crippen molar-refractivity contribution in [3.05, 3.63) is 60.2 Å². The number of carbonyl (C=O) groups is 1. The van der Waals surface area contributed by atoms with Crippen LogP contribution in [-0.2, 0) is 23.5 Å². The molecule has 0 aliphatic rings. The summed E-state index contributed by atoms with van der Waals surface area (Å²) in [4.78, 5) is 19.5. The molecule has 3 rings (SSSR count). The molecule has 0 aliphatic heterocycles. The maximum absolute atomic E-state index is 11.1. The van der Waals surface area contributed by atoms with Crippen molar-refractivity contribution in [1.82, 2.24) is 24.7 Å². The minimum absolute atomic E-state index is 0.179. The third-order valence-corrected chi connectivity index (χ3v) is 5.34. The number of amides is 1. The molecule has 1 amide bonds. The van der Waals surface area contributed by atoms with Gasteiger partial charge in [0.15, 0.2) is 10.3 Å². The van der Waals surface area contributed by atoms with E-state index in [1.807, 2.05) is 22.8 Å². The van der Waals surface area contributed by atoms with Crippen molar-refractivity contribution in [3.63, 3.8) is 0 Å². The van der Waals surface area contributed by atoms with Gasteiger partial charge in [-0.15, -0.1) is 10.2 Å². The van der Waals surface area contributed by atoms with Gasteiger partial charge in [-0.05, 0) is 18.1 Å². The van der Waals surface area contributed by atoms with Crippen molar-refractivity contribution in [1.29, 1.82) is 0 Å². The lowest BCUT2D eigenvalue weighted by Gasteiger charge is -2.09. The Morgan fingerprint density at radius 3 is 2.54 bits per heavy atom. The third kappa shape index (κ3) is 5.30. The molecule has 7 nitrogen and oxygen atoms in total. The van der Waals surface area contributed by atoms with Crippen molar-refractivity contribution < 1.29 is 4.79 Å². The van der Waals surface area contributed by atoms with Gasteiger partial charge in [-0.1, -0.05) is 53.9 Å². The zero-order valence-corrected chi connectivity index (χ0v) is 15.6. The highest BCUT2D eigenvalue weighted by atomic mass is 32.2. The van der Waals surface area contributed by atoms with Crippen LogP contribution in [0.25, 0.3) is 0 Å². The van der Waals surface area contributed by atoms with Crippen LogP contribution in [0, 0.1) is 0 Å². The van der Waals surface area contributed by atoms with E-state index < -0.39 is 0 Å². The van der Waals surface area contributed by atoms with Gasteiger partial charge in [-0.25, -0.2) is 9.97 Å². The number of benzene rings is 1. The summed E-state index contributed by atoms with van der Waals surface area (Å²) in [6, 6.07) is 12.0. The molecule has 2 N–H and O–H groups in total. The minimum atomic E-state index is -0.374. The predicted molar refractivity (Wildman–Crippen MR) is 102 cm³/mol. The van der Waals surface area contributed by atoms with Crippen LogP contribution in [0.2, 0.25) is 0 Å². The van der Waals surface area contributed by atoms with E-state index in [-0.39, 0.29) is 11.7 Å². The van der Waals surface area contributed by atoms with Crippen molar-refractivity contribution in [2.24, 2.45) is 5.73 Å². The van der Waals surface area contributed by atoms with Gasteiger partial charge >= 0.3 is 0 Å². The van der Waals surface area contributed by atoms with E-state index in [0.717, 1.165) is 18.8 Å². The van der Waals surface area contributed by atoms with Gasteiger partial charge in [0.25, 0.3) is 0 Å². The summed E-state index contributed by atoms with van der Waals surface area (Å²) in [6.45, 7) is 0.726. The molecule has 2 aromatic heterocycles. The Morgan fingerprint density at radius 2 is 1.81 bits per heavy atom. The van der Waals surface area contributed by atoms with E-state index >= 15 is 0 Å². The summed E-state index contributed by atoms with van der Waals surface area (Å²) < 4.78 is 2.04. The van der Waals surface area contributed by atoms with Gasteiger partial charge in [0.05, 0.1) is 11.5 Å². The Labute approximate surface area is 159 Å². The minimum Gasteiger partial charge on any atom is -0.369 e. The van der Waals surface area contributed by atoms with Gasteiger partial charge in [-0.3, -0.25) is 4.79 Å². The van der Waals surface area contributed by atoms with Crippen molar-refractivity contribution in [3.8, 4) is 0 Å². The fraction of sp³-hybridized carbons (Fsp3) is 0.235. The first-order valence-corrected chi connectivity index (χ1v) is 9.96. The van der Waals surface area contributed by atoms with E-state index in [0.29, 0.717) is 16.1 Å². The van der Waals surface area contributed by atoms with E-state index in [1.54, 1.807) is 18.5 Å². The van der Waals surface area contributed by atoms with Crippen molar-refractivity contribution in [2.45, 2.75) is 29.0 Å². The molecule has 1 aromatic carbocycles. The molecule has 3 aromatic rings. The van der Waals surface area contributed by atoms with Crippen LogP contribution in [0.15, 0.2) is 59.1 Å². The van der Waals surface area contributed by atoms with Crippen LogP contribution in [0.5, 0.6) is 0 Å². The number of nitrogens with zero attached hydrogens (tertiary/aromatic N) is 5. The first-order valence-electron chi connectivity index (χ1n) is 7.99. The van der Waals surface area contributed by atoms with Crippen LogP contribution in [-0.4, -0.2) is 36.4 Å². The first-order chi connectivity index (χ1) is 12.7. The molecule has 26 heavy (non-hydrogen) atoms. The lowest BCUT2D eigenvalue weighted by molar-refractivity contribution is -0.115. The van der Waals surface area contributed by atoms with Gasteiger partial charge in [0, 0.05) is 18.9 Å². The molecule has 0 bridgehead atoms. The average Bonchev–Trinajstić information content (AvgIpc) is 3.06. The molecule has 2 heterocycles. The number of rotatable bonds is 9. The van der Waals surface area contributed by atoms with Gasteiger partial charge in [0.1, 0.15) is 5.82 Å². The third-order valence-electron chi connectivity index (χ3n) is 3.48. The Balaban J connectivity index is 1.73. The number of primary amides is 1. The van der Waals surface area contributed by atoms with Crippen molar-refractivity contribution in [2.75, 3.05) is 5.75 Å². The number of aryl methyl sites for hydroxylation is 1. The zero-order valence-electron chi connectivity index (χ0n) is 14.0. The Kier molecular flexibility index (Phi) is 6.62. The molecular weight excluding hydrogens is 368 g/mol. The second-order valence-electron chi connectivity index (χ2n) is 5.36. The summed E-state index contributed by atoms with van der Waals surface area (Å²) >= 11 is 2.81. The fourth-order valence-electron chi connectivity index (χ4n) is 2.27. The second kappa shape index (κ2) is 9.35. The first kappa shape index (κ1) is 18.4. The molecule has 0 radical (unpaired) electrons. The lowest BCUT2D eigenvalue weighted by atomic mass is 10.1. The Hall–Kier alpha value is -2.39. The maximum atomic E-state index is 11.1. The number of nitrogens with two attached hydrogens (primary N) is 1. The summed E-state index contributed by atoms with van der Waals surface area (Å²) in [5.41, 5.74) is 6.49. The second-order valence-corrected chi connectivity index (χ2v) is 7.25. The Morgan fingerprint density at radius 1 is 1.04 bits per heavy atom. The van der Waals surface area contributed by atoms with Crippen LogP contribution < -0.4 is 5.73 Å². The van der Waals surface area contributed by atoms with E-state index in [1.165, 1.54) is 29.1 Å². The quantitative estimate of drug-likeness (QED) is 0.444. The average molecular weight is 387 g/mol. The van der Waals surface area contributed by atoms with Gasteiger partial charge in [0.2, 0.25) is 5.91 Å². The van der Waals surface area contributed by atoms with Crippen LogP contribution in [0.1, 0.15) is 11.4 Å². The standard InChI is InChI=1S/C17H18N6OS2/c18-14(24)11-26-17-22-21-15(12-25-16-19-8-4-9-20-16)23(17)10-7-13-5-2-1-3-6-13/h1-6,8-9H,7,10-12H2,(H2,18,24). The zero-order chi connectivity index (χ0) is 18.2. The highest BCUT2D eigenvalue weighted by Gasteiger charge is 2.14. The summed E-state index contributed by atoms with van der Waals surface area (Å²) in [7, 11) is 0. The van der Waals surface area contributed by atoms with E-state index in [2.05, 4.69) is 32.3 Å². The Bertz CT molecular complexity index is 841. The predicted octanol–water partition coefficient (Wildman–Crippen LogP) is 2.18. The summed E-state index contributed by atoms with van der Waals surface area (Å²) in [5, 5.41) is 9.90. The smallest absolute Gasteiger partial charge is 0.227 e. The molecule has 0 saturated heterocycles. The molecule has 9 heteroatoms. The van der Waals surface area contributed by atoms with Crippen LogP contribution in [0.3, 0.4) is 0 Å². The van der Waals surface area contributed by atoms with Crippen LogP contribution in [0.4, 0.5) is 0 Å². The number of hydrogen-bond donors (Lipinski definition) is 1. The highest BCUT2D eigenvalue weighted by Crippen LogP contribution is 2.22. The molecule has 0 saturated carbocycles. The topological polar surface area (TPSA) is 99.6 Å². The molecule has 0 unspecified atom stereocenters. The molecule has 0 fully saturated rings.